The molecular formula is C17H26N2O2. The molecule has 0 spiro atoms. The van der Waals surface area contributed by atoms with Crippen LogP contribution in [-0.4, -0.2) is 60.1 Å². The molecule has 0 saturated carbocycles. The molecule has 1 saturated heterocycles. The van der Waals surface area contributed by atoms with E-state index in [-0.39, 0.29) is 12.5 Å². The Morgan fingerprint density at radius 2 is 1.90 bits per heavy atom. The molecule has 4 nitrogen and oxygen atoms in total. The van der Waals surface area contributed by atoms with Gasteiger partial charge in [-0.15, -0.1) is 0 Å². The average molecular weight is 290 g/mol. The second-order valence-electron chi connectivity index (χ2n) is 5.64. The third-order valence-electron chi connectivity index (χ3n) is 4.06. The van der Waals surface area contributed by atoms with Crippen molar-refractivity contribution in [3.8, 4) is 0 Å². The Hall–Kier alpha value is -1.39. The summed E-state index contributed by atoms with van der Waals surface area (Å²) in [7, 11) is 0. The maximum atomic E-state index is 12.3. The molecule has 0 unspecified atom stereocenters. The number of carbonyl (C=O) groups is 1. The van der Waals surface area contributed by atoms with E-state index < -0.39 is 0 Å². The quantitative estimate of drug-likeness (QED) is 0.864. The molecule has 1 heterocycles. The van der Waals surface area contributed by atoms with Crippen molar-refractivity contribution in [2.75, 3.05) is 39.3 Å². The Kier molecular flexibility index (Phi) is 6.70. The second kappa shape index (κ2) is 8.80. The number of aliphatic hydroxyl groups is 1. The van der Waals surface area contributed by atoms with Crippen LogP contribution in [0, 0.1) is 0 Å². The number of hydrogen-bond acceptors (Lipinski definition) is 3. The molecule has 1 fully saturated rings. The summed E-state index contributed by atoms with van der Waals surface area (Å²) in [5.74, 6) is 0.275. The molecular weight excluding hydrogens is 264 g/mol. The van der Waals surface area contributed by atoms with Gasteiger partial charge in [-0.3, -0.25) is 9.69 Å². The molecule has 21 heavy (non-hydrogen) atoms. The SMILES string of the molecule is O=C(CCCc1ccccc1)N1CCCN(CCO)CC1. The van der Waals surface area contributed by atoms with Gasteiger partial charge in [-0.1, -0.05) is 30.3 Å². The molecule has 0 radical (unpaired) electrons. The molecule has 0 bridgehead atoms. The molecule has 4 heteroatoms. The summed E-state index contributed by atoms with van der Waals surface area (Å²) in [5.41, 5.74) is 1.30. The monoisotopic (exact) mass is 290 g/mol. The van der Waals surface area contributed by atoms with Gasteiger partial charge in [-0.25, -0.2) is 0 Å². The molecule has 0 aliphatic carbocycles. The molecule has 1 N–H and O–H groups in total. The number of hydrogen-bond donors (Lipinski definition) is 1. The predicted molar refractivity (Wildman–Crippen MR) is 84.1 cm³/mol. The van der Waals surface area contributed by atoms with E-state index in [0.29, 0.717) is 6.42 Å². The predicted octanol–water partition coefficient (Wildman–Crippen LogP) is 1.54. The van der Waals surface area contributed by atoms with Gasteiger partial charge in [0, 0.05) is 32.6 Å². The Labute approximate surface area is 127 Å². The fourth-order valence-corrected chi connectivity index (χ4v) is 2.83. The van der Waals surface area contributed by atoms with Gasteiger partial charge < -0.3 is 10.0 Å². The second-order valence-corrected chi connectivity index (χ2v) is 5.64. The van der Waals surface area contributed by atoms with Gasteiger partial charge in [-0.2, -0.15) is 0 Å². The maximum absolute atomic E-state index is 12.3. The van der Waals surface area contributed by atoms with E-state index in [0.717, 1.165) is 52.0 Å². The van der Waals surface area contributed by atoms with Crippen LogP contribution >= 0.6 is 0 Å². The van der Waals surface area contributed by atoms with E-state index in [9.17, 15) is 4.79 Å². The van der Waals surface area contributed by atoms with Gasteiger partial charge in [0.15, 0.2) is 0 Å². The fraction of sp³-hybridized carbons (Fsp3) is 0.588. The fourth-order valence-electron chi connectivity index (χ4n) is 2.83. The van der Waals surface area contributed by atoms with Crippen LogP contribution in [0.15, 0.2) is 30.3 Å². The maximum Gasteiger partial charge on any atom is 0.222 e. The largest absolute Gasteiger partial charge is 0.395 e. The van der Waals surface area contributed by atoms with Crippen molar-refractivity contribution >= 4 is 5.91 Å². The number of aryl methyl sites for hydroxylation is 1. The van der Waals surface area contributed by atoms with Crippen molar-refractivity contribution in [3.05, 3.63) is 35.9 Å². The van der Waals surface area contributed by atoms with Gasteiger partial charge >= 0.3 is 0 Å². The number of rotatable bonds is 6. The van der Waals surface area contributed by atoms with E-state index in [1.807, 2.05) is 23.1 Å². The normalized spacial score (nSPS) is 16.7. The summed E-state index contributed by atoms with van der Waals surface area (Å²) < 4.78 is 0. The number of β-amino-alcohol motifs (C(OH)–C–C–N with tert-alkyl or cyclic N) is 1. The van der Waals surface area contributed by atoms with Crippen LogP contribution in [0.1, 0.15) is 24.8 Å². The minimum absolute atomic E-state index is 0.199. The summed E-state index contributed by atoms with van der Waals surface area (Å²) >= 11 is 0. The van der Waals surface area contributed by atoms with E-state index >= 15 is 0 Å². The standard InChI is InChI=1S/C17H26N2O2/c20-15-14-18-10-5-11-19(13-12-18)17(21)9-4-8-16-6-2-1-3-7-16/h1-3,6-7,20H,4-5,8-15H2. The summed E-state index contributed by atoms with van der Waals surface area (Å²) in [6.45, 7) is 4.43. The average Bonchev–Trinajstić information content (AvgIpc) is 2.74. The number of benzene rings is 1. The van der Waals surface area contributed by atoms with E-state index in [1.165, 1.54) is 5.56 Å². The molecule has 0 atom stereocenters. The summed E-state index contributed by atoms with van der Waals surface area (Å²) in [6.07, 6.45) is 3.52. The molecule has 1 amide bonds. The number of amides is 1. The van der Waals surface area contributed by atoms with Gasteiger partial charge in [0.25, 0.3) is 0 Å². The molecule has 0 aromatic heterocycles. The van der Waals surface area contributed by atoms with Crippen molar-refractivity contribution < 1.29 is 9.90 Å². The Morgan fingerprint density at radius 1 is 1.10 bits per heavy atom. The lowest BCUT2D eigenvalue weighted by molar-refractivity contribution is -0.131. The Morgan fingerprint density at radius 3 is 2.67 bits per heavy atom. The van der Waals surface area contributed by atoms with Crippen molar-refractivity contribution in [1.82, 2.24) is 9.80 Å². The lowest BCUT2D eigenvalue weighted by Gasteiger charge is -2.21. The topological polar surface area (TPSA) is 43.8 Å². The van der Waals surface area contributed by atoms with Gasteiger partial charge in [0.1, 0.15) is 0 Å². The zero-order valence-electron chi connectivity index (χ0n) is 12.7. The number of aliphatic hydroxyl groups excluding tert-OH is 1. The van der Waals surface area contributed by atoms with Crippen LogP contribution < -0.4 is 0 Å². The molecule has 1 aliphatic rings. The summed E-state index contributed by atoms with van der Waals surface area (Å²) in [5, 5.41) is 8.99. The van der Waals surface area contributed by atoms with Crippen molar-refractivity contribution in [3.63, 3.8) is 0 Å². The minimum atomic E-state index is 0.199. The highest BCUT2D eigenvalue weighted by molar-refractivity contribution is 5.76. The first-order chi connectivity index (χ1) is 10.3. The molecule has 116 valence electrons. The third-order valence-corrected chi connectivity index (χ3v) is 4.06. The van der Waals surface area contributed by atoms with Crippen LogP contribution in [0.2, 0.25) is 0 Å². The first-order valence-corrected chi connectivity index (χ1v) is 7.94. The number of nitrogens with zero attached hydrogens (tertiary/aromatic N) is 2. The zero-order valence-corrected chi connectivity index (χ0v) is 12.7. The molecule has 1 aliphatic heterocycles. The van der Waals surface area contributed by atoms with Crippen LogP contribution in [0.4, 0.5) is 0 Å². The molecule has 2 rings (SSSR count). The van der Waals surface area contributed by atoms with Crippen molar-refractivity contribution in [2.45, 2.75) is 25.7 Å². The molecule has 1 aromatic rings. The first-order valence-electron chi connectivity index (χ1n) is 7.94. The molecule has 1 aromatic carbocycles. The lowest BCUT2D eigenvalue weighted by atomic mass is 10.1. The van der Waals surface area contributed by atoms with E-state index in [1.54, 1.807) is 0 Å². The van der Waals surface area contributed by atoms with Crippen LogP contribution in [0.25, 0.3) is 0 Å². The van der Waals surface area contributed by atoms with E-state index in [2.05, 4.69) is 17.0 Å². The zero-order chi connectivity index (χ0) is 14.9. The minimum Gasteiger partial charge on any atom is -0.395 e. The highest BCUT2D eigenvalue weighted by Crippen LogP contribution is 2.09. The Balaban J connectivity index is 1.70. The smallest absolute Gasteiger partial charge is 0.222 e. The van der Waals surface area contributed by atoms with Crippen LogP contribution in [0.3, 0.4) is 0 Å². The van der Waals surface area contributed by atoms with Gasteiger partial charge in [0.2, 0.25) is 5.91 Å². The summed E-state index contributed by atoms with van der Waals surface area (Å²) in [4.78, 5) is 16.5. The summed E-state index contributed by atoms with van der Waals surface area (Å²) in [6, 6.07) is 10.3. The Bertz CT molecular complexity index is 422. The van der Waals surface area contributed by atoms with Crippen molar-refractivity contribution in [2.24, 2.45) is 0 Å². The highest BCUT2D eigenvalue weighted by atomic mass is 16.3. The van der Waals surface area contributed by atoms with E-state index in [4.69, 9.17) is 5.11 Å². The first kappa shape index (κ1) is 16.0. The van der Waals surface area contributed by atoms with Crippen LogP contribution in [-0.2, 0) is 11.2 Å². The van der Waals surface area contributed by atoms with Gasteiger partial charge in [-0.05, 0) is 31.4 Å². The van der Waals surface area contributed by atoms with Gasteiger partial charge in [0.05, 0.1) is 6.61 Å². The van der Waals surface area contributed by atoms with Crippen molar-refractivity contribution in [1.29, 1.82) is 0 Å². The van der Waals surface area contributed by atoms with Crippen LogP contribution in [0.5, 0.6) is 0 Å². The lowest BCUT2D eigenvalue weighted by Crippen LogP contribution is -2.35. The number of carbonyl (C=O) groups excluding carboxylic acids is 1. The highest BCUT2D eigenvalue weighted by Gasteiger charge is 2.18. The third kappa shape index (κ3) is 5.48.